The van der Waals surface area contributed by atoms with Crippen molar-refractivity contribution in [1.82, 2.24) is 21.3 Å². The number of aliphatic hydroxyl groups excluding tert-OH is 14. The molecule has 7 saturated heterocycles. The molecule has 0 bridgehead atoms. The van der Waals surface area contributed by atoms with Gasteiger partial charge in [-0.15, -0.1) is 0 Å². The second-order valence-electron chi connectivity index (χ2n) is 29.9. The van der Waals surface area contributed by atoms with E-state index in [1.807, 2.05) is 18.2 Å². The average Bonchev–Trinajstić information content (AvgIpc) is 0.765. The third-order valence-electron chi connectivity index (χ3n) is 21.2. The molecule has 0 spiro atoms. The molecule has 4 aromatic rings. The molecule has 11 rings (SSSR count). The molecule has 0 aliphatic carbocycles. The lowest BCUT2D eigenvalue weighted by Crippen LogP contribution is -2.71. The second-order valence-corrected chi connectivity index (χ2v) is 29.9. The quantitative estimate of drug-likeness (QED) is 0.0115. The van der Waals surface area contributed by atoms with Crippen molar-refractivity contribution in [3.05, 3.63) is 154 Å². The molecule has 120 heavy (non-hydrogen) atoms. The fourth-order valence-electron chi connectivity index (χ4n) is 15.2. The van der Waals surface area contributed by atoms with Crippen LogP contribution in [0.2, 0.25) is 0 Å². The van der Waals surface area contributed by atoms with Crippen LogP contribution >= 0.6 is 0 Å². The summed E-state index contributed by atoms with van der Waals surface area (Å²) in [6.45, 7) is -1.99. The van der Waals surface area contributed by atoms with Crippen LogP contribution in [0, 0.1) is 0 Å². The van der Waals surface area contributed by atoms with Gasteiger partial charge in [-0.05, 0) is 27.8 Å². The number of benzene rings is 4. The molecule has 0 aromatic heterocycles. The van der Waals surface area contributed by atoms with Gasteiger partial charge < -0.3 is 173 Å². The van der Waals surface area contributed by atoms with E-state index in [-0.39, 0.29) is 33.0 Å². The molecule has 35 atom stereocenters. The van der Waals surface area contributed by atoms with E-state index in [2.05, 4.69) is 31.3 Å². The van der Waals surface area contributed by atoms with Gasteiger partial charge in [-0.3, -0.25) is 19.2 Å². The summed E-state index contributed by atoms with van der Waals surface area (Å²) in [7, 11) is 0. The Labute approximate surface area is 687 Å². The maximum absolute atomic E-state index is 14.2. The Hall–Kier alpha value is -7.17. The lowest BCUT2D eigenvalue weighted by Gasteiger charge is -2.52. The number of ether oxygens (including phenoxy) is 17. The molecule has 18 N–H and O–H groups in total. The van der Waals surface area contributed by atoms with Gasteiger partial charge in [0.05, 0.1) is 78.7 Å². The van der Waals surface area contributed by atoms with Gasteiger partial charge in [0.15, 0.2) is 44.0 Å². The van der Waals surface area contributed by atoms with Crippen molar-refractivity contribution in [2.75, 3.05) is 46.2 Å². The van der Waals surface area contributed by atoms with Crippen LogP contribution in [-0.2, 0) is 126 Å². The molecule has 0 unspecified atom stereocenters. The third kappa shape index (κ3) is 23.4. The van der Waals surface area contributed by atoms with Crippen molar-refractivity contribution in [3.63, 3.8) is 0 Å². The van der Waals surface area contributed by atoms with Crippen molar-refractivity contribution in [3.8, 4) is 0 Å². The van der Waals surface area contributed by atoms with Crippen LogP contribution in [0.1, 0.15) is 49.9 Å². The first-order chi connectivity index (χ1) is 57.7. The molecule has 42 heteroatoms. The number of hydrogen-bond donors (Lipinski definition) is 18. The minimum Gasteiger partial charge on any atom is -0.394 e. The monoisotopic (exact) mass is 1700 g/mol. The predicted octanol–water partition coefficient (Wildman–Crippen LogP) is -5.49. The topological polar surface area (TPSA) is 605 Å². The summed E-state index contributed by atoms with van der Waals surface area (Å²) in [5.74, 6) is -2.96. The number of nitrogens with zero attached hydrogens (tertiary/aromatic N) is 3. The largest absolute Gasteiger partial charge is 0.394 e. The normalized spacial score (nSPS) is 38.4. The summed E-state index contributed by atoms with van der Waals surface area (Å²) in [5, 5.41) is 174. The molecule has 4 aromatic carbocycles. The van der Waals surface area contributed by atoms with E-state index >= 15 is 0 Å². The summed E-state index contributed by atoms with van der Waals surface area (Å²) in [5.41, 5.74) is 12.7. The number of nitrogens with one attached hydrogen (secondary N) is 4. The Morgan fingerprint density at radius 1 is 0.325 bits per heavy atom. The number of aliphatic hydroxyl groups is 14. The highest BCUT2D eigenvalue weighted by Gasteiger charge is 2.60. The van der Waals surface area contributed by atoms with Gasteiger partial charge in [0.1, 0.15) is 165 Å². The second kappa shape index (κ2) is 44.4. The van der Waals surface area contributed by atoms with Gasteiger partial charge >= 0.3 is 0 Å². The van der Waals surface area contributed by atoms with E-state index in [0.29, 0.717) is 16.7 Å². The Bertz CT molecular complexity index is 3870. The zero-order chi connectivity index (χ0) is 86.0. The molecular weight excluding hydrogens is 1590 g/mol. The molecule has 7 aliphatic heterocycles. The third-order valence-corrected chi connectivity index (χ3v) is 21.2. The molecule has 664 valence electrons. The standard InChI is InChI=1S/C78H107N7O35/c1-36(90)80-51-60(99)55(94)44(25-86)110-73(51)119-70-62(101)57(96)46(27-88)112-77(70)108-35-48-59(98)69(118-78-71(63(102)58(97)47(28-89)113-78)120-74-52(81-37(2)91)61(100)56(95)45(26-87)111-74)64(103)76(114-48)117-66-50(34-105-30-41-19-11-6-12-20-41)115-75(54(83-39(4)93)68(66)107-32-43-23-15-8-16-24-43)116-65-49(33-104-29-40-17-9-5-10-18-40)109-72(84-85-79)53(82-38(3)92)67(65)106-31-42-21-13-7-14-22-42/h5-24,44-78,86-89,94-103H,25-35H2,1-4H3,(H,80,90)(H,81,91)(H,82,92)(H,83,93)/t44-,45-,46-,47-,48-,49-,50-,51-,52-,53-,54-,55-,56-,57-,58-,59-,60-,61-,62+,63+,64+,65-,66-,67-,68-,69+,70+,71+,72-,73+,74+,75+,76+,77+,78-/m1/s1. The van der Waals surface area contributed by atoms with Crippen LogP contribution in [0.25, 0.3) is 10.4 Å². The van der Waals surface area contributed by atoms with Crippen molar-refractivity contribution in [2.45, 2.75) is 269 Å². The van der Waals surface area contributed by atoms with Crippen molar-refractivity contribution < 1.29 is 171 Å². The number of hydrogen-bond acceptors (Lipinski definition) is 36. The van der Waals surface area contributed by atoms with Crippen molar-refractivity contribution >= 4 is 23.6 Å². The summed E-state index contributed by atoms with van der Waals surface area (Å²) in [6, 6.07) is 29.0. The summed E-state index contributed by atoms with van der Waals surface area (Å²) < 4.78 is 110. The Kier molecular flexibility index (Phi) is 34.6. The first-order valence-corrected chi connectivity index (χ1v) is 39.1. The zero-order valence-electron chi connectivity index (χ0n) is 65.7. The average molecular weight is 1700 g/mol. The zero-order valence-corrected chi connectivity index (χ0v) is 65.7. The Morgan fingerprint density at radius 3 is 1.07 bits per heavy atom. The summed E-state index contributed by atoms with van der Waals surface area (Å²) >= 11 is 0. The van der Waals surface area contributed by atoms with E-state index in [1.54, 1.807) is 103 Å². The highest BCUT2D eigenvalue weighted by Crippen LogP contribution is 2.40. The number of rotatable bonds is 36. The van der Waals surface area contributed by atoms with Gasteiger partial charge in [0.25, 0.3) is 0 Å². The number of amides is 4. The van der Waals surface area contributed by atoms with Crippen LogP contribution in [0.4, 0.5) is 0 Å². The fourth-order valence-corrected chi connectivity index (χ4v) is 15.2. The van der Waals surface area contributed by atoms with Gasteiger partial charge in [-0.2, -0.15) is 0 Å². The van der Waals surface area contributed by atoms with Crippen LogP contribution in [0.15, 0.2) is 126 Å². The summed E-state index contributed by atoms with van der Waals surface area (Å²) in [6.07, 6.45) is -59.1. The molecule has 7 aliphatic rings. The fraction of sp³-hybridized carbons (Fsp3) is 0.641. The van der Waals surface area contributed by atoms with Crippen LogP contribution in [0.3, 0.4) is 0 Å². The number of carbonyl (C=O) groups is 4. The summed E-state index contributed by atoms with van der Waals surface area (Å²) in [4.78, 5) is 56.0. The molecular formula is C78H107N7O35. The molecule has 7 fully saturated rings. The van der Waals surface area contributed by atoms with Gasteiger partial charge in [-0.25, -0.2) is 0 Å². The lowest BCUT2D eigenvalue weighted by molar-refractivity contribution is -0.397. The molecule has 4 amide bonds. The number of azide groups is 1. The van der Waals surface area contributed by atoms with E-state index in [9.17, 15) is 96.2 Å². The van der Waals surface area contributed by atoms with Gasteiger partial charge in [0, 0.05) is 32.6 Å². The smallest absolute Gasteiger partial charge is 0.217 e. The Balaban J connectivity index is 1.02. The first-order valence-electron chi connectivity index (χ1n) is 39.1. The van der Waals surface area contributed by atoms with Crippen LogP contribution in [-0.4, -0.2) is 356 Å². The first kappa shape index (κ1) is 93.5. The van der Waals surface area contributed by atoms with E-state index in [1.165, 1.54) is 13.8 Å². The van der Waals surface area contributed by atoms with Crippen LogP contribution in [0.5, 0.6) is 0 Å². The minimum atomic E-state index is -2.42. The van der Waals surface area contributed by atoms with Gasteiger partial charge in [0.2, 0.25) is 23.6 Å². The minimum absolute atomic E-state index is 0.0103. The van der Waals surface area contributed by atoms with Crippen LogP contribution < -0.4 is 21.3 Å². The molecule has 0 saturated carbocycles. The molecule has 0 radical (unpaired) electrons. The Morgan fingerprint density at radius 2 is 0.650 bits per heavy atom. The molecule has 7 heterocycles. The van der Waals surface area contributed by atoms with Crippen molar-refractivity contribution in [2.24, 2.45) is 5.11 Å². The SMILES string of the molecule is CC(=O)N[C@@H]1[C@@H](OCc2ccccc2)[C@H](O[C@@H]2O[C@H](COCc3ccccc3)[C@@H](O[C@@H]3O[C@H](CO[C@H]4O[C@H](CO)[C@@H](O)[C@H](O)[C@@H]4O[C@@H]4O[C@H](CO)[C@@H](O)[C@H](O)[C@H]4NC(C)=O)[C@@H](O)[C@H](O[C@H]4O[C@H](CO)[C@@H](O)[C@H](O)[C@@H]4O[C@@H]4O[C@H](CO)[C@@H](O)[C@H](O)[C@H]4NC(C)=O)[C@@H]3O)[C@H](OCc3ccccc3)[C@H]2NC(C)=O)[C@@H](COCc2ccccc2)O[C@H]1N=[N+]=[N-]. The number of carbonyl (C=O) groups excluding carboxylic acids is 4. The lowest BCUT2D eigenvalue weighted by atomic mass is 9.93. The van der Waals surface area contributed by atoms with E-state index in [4.69, 9.17) is 80.5 Å². The van der Waals surface area contributed by atoms with Crippen molar-refractivity contribution in [1.29, 1.82) is 0 Å². The maximum atomic E-state index is 14.2. The highest BCUT2D eigenvalue weighted by atomic mass is 16.8. The molecule has 42 nitrogen and oxygen atoms in total. The predicted molar refractivity (Wildman–Crippen MR) is 401 cm³/mol. The maximum Gasteiger partial charge on any atom is 0.217 e. The van der Waals surface area contributed by atoms with Gasteiger partial charge in [-0.1, -0.05) is 126 Å². The van der Waals surface area contributed by atoms with E-state index < -0.39 is 278 Å². The highest BCUT2D eigenvalue weighted by molar-refractivity contribution is 5.74. The van der Waals surface area contributed by atoms with E-state index in [0.717, 1.165) is 19.4 Å².